The van der Waals surface area contributed by atoms with Crippen LogP contribution in [0.1, 0.15) is 5.56 Å². The highest BCUT2D eigenvalue weighted by molar-refractivity contribution is 9.10. The Bertz CT molecular complexity index is 314. The summed E-state index contributed by atoms with van der Waals surface area (Å²) in [6.07, 6.45) is 1.18. The van der Waals surface area contributed by atoms with E-state index in [1.165, 1.54) is 12.1 Å². The fourth-order valence-electron chi connectivity index (χ4n) is 0.704. The van der Waals surface area contributed by atoms with Crippen molar-refractivity contribution in [3.8, 4) is 5.75 Å². The van der Waals surface area contributed by atoms with Gasteiger partial charge in [0, 0.05) is 16.1 Å². The lowest BCUT2D eigenvalue weighted by Crippen LogP contribution is -1.74. The van der Waals surface area contributed by atoms with E-state index < -0.39 is 0 Å². The highest BCUT2D eigenvalue weighted by atomic mass is 79.9. The third-order valence-electron chi connectivity index (χ3n) is 1.20. The number of phenolic OH excluding ortho intramolecular Hbond substituents is 1. The second-order valence-corrected chi connectivity index (χ2v) is 2.88. The Hall–Kier alpha value is -1.05. The van der Waals surface area contributed by atoms with Crippen LogP contribution in [0.5, 0.6) is 5.75 Å². The summed E-state index contributed by atoms with van der Waals surface area (Å²) >= 11 is 3.21. The number of hydrogen-bond acceptors (Lipinski definition) is 2. The van der Waals surface area contributed by atoms with Gasteiger partial charge in [-0.1, -0.05) is 15.9 Å². The molecule has 11 heavy (non-hydrogen) atoms. The van der Waals surface area contributed by atoms with Crippen molar-refractivity contribution >= 4 is 27.9 Å². The molecule has 0 atom stereocenters. The van der Waals surface area contributed by atoms with Gasteiger partial charge in [0.05, 0.1) is 0 Å². The standard InChI is InChI=1S/C8H5BrO2/c9-7-1-2-8(11)6(5-7)3-4-10/h1-3,5,11H. The molecule has 0 saturated carbocycles. The molecule has 0 saturated heterocycles. The first-order chi connectivity index (χ1) is 5.24. The van der Waals surface area contributed by atoms with Gasteiger partial charge in [0.25, 0.3) is 0 Å². The lowest BCUT2D eigenvalue weighted by Gasteiger charge is -1.96. The summed E-state index contributed by atoms with van der Waals surface area (Å²) in [6, 6.07) is 4.84. The van der Waals surface area contributed by atoms with Crippen LogP contribution in [-0.4, -0.2) is 11.0 Å². The Labute approximate surface area is 72.3 Å². The third kappa shape index (κ3) is 1.93. The van der Waals surface area contributed by atoms with E-state index in [0.29, 0.717) is 5.56 Å². The van der Waals surface area contributed by atoms with E-state index in [-0.39, 0.29) is 5.75 Å². The van der Waals surface area contributed by atoms with Crippen molar-refractivity contribution in [1.82, 2.24) is 0 Å². The van der Waals surface area contributed by atoms with Gasteiger partial charge in [0.15, 0.2) is 0 Å². The van der Waals surface area contributed by atoms with Crippen molar-refractivity contribution in [3.63, 3.8) is 0 Å². The molecule has 0 aliphatic heterocycles. The minimum atomic E-state index is 0.0801. The molecule has 1 aromatic rings. The lowest BCUT2D eigenvalue weighted by atomic mass is 10.2. The highest BCUT2D eigenvalue weighted by Crippen LogP contribution is 2.21. The topological polar surface area (TPSA) is 37.3 Å². The van der Waals surface area contributed by atoms with Crippen LogP contribution in [0.4, 0.5) is 0 Å². The molecule has 0 amide bonds. The number of phenols is 1. The normalized spacial score (nSPS) is 8.82. The molecule has 1 aromatic carbocycles. The van der Waals surface area contributed by atoms with Crippen molar-refractivity contribution in [3.05, 3.63) is 28.2 Å². The van der Waals surface area contributed by atoms with Gasteiger partial charge in [-0.15, -0.1) is 0 Å². The fourth-order valence-corrected chi connectivity index (χ4v) is 1.08. The molecular weight excluding hydrogens is 208 g/mol. The Morgan fingerprint density at radius 3 is 2.91 bits per heavy atom. The van der Waals surface area contributed by atoms with Gasteiger partial charge in [-0.05, 0) is 18.2 Å². The van der Waals surface area contributed by atoms with E-state index in [4.69, 9.17) is 5.11 Å². The number of rotatable bonds is 1. The summed E-state index contributed by atoms with van der Waals surface area (Å²) in [6.45, 7) is 0. The van der Waals surface area contributed by atoms with Gasteiger partial charge >= 0.3 is 0 Å². The average molecular weight is 213 g/mol. The number of hydrogen-bond donors (Lipinski definition) is 1. The summed E-state index contributed by atoms with van der Waals surface area (Å²) in [5, 5.41) is 9.14. The molecule has 0 fully saturated rings. The summed E-state index contributed by atoms with van der Waals surface area (Å²) in [7, 11) is 0. The molecule has 0 aliphatic rings. The largest absolute Gasteiger partial charge is 0.507 e. The van der Waals surface area contributed by atoms with E-state index in [1.807, 2.05) is 0 Å². The van der Waals surface area contributed by atoms with Crippen LogP contribution in [0.15, 0.2) is 22.7 Å². The van der Waals surface area contributed by atoms with E-state index in [2.05, 4.69) is 15.9 Å². The number of carbonyl (C=O) groups excluding carboxylic acids is 1. The van der Waals surface area contributed by atoms with Crippen LogP contribution in [0.2, 0.25) is 0 Å². The Balaban J connectivity index is 3.22. The van der Waals surface area contributed by atoms with Crippen molar-refractivity contribution in [1.29, 1.82) is 0 Å². The van der Waals surface area contributed by atoms with E-state index in [0.717, 1.165) is 4.47 Å². The highest BCUT2D eigenvalue weighted by Gasteiger charge is 1.96. The van der Waals surface area contributed by atoms with E-state index in [9.17, 15) is 4.79 Å². The predicted molar refractivity (Wildman–Crippen MR) is 46.0 cm³/mol. The molecule has 0 heterocycles. The fraction of sp³-hybridized carbons (Fsp3) is 0. The zero-order valence-electron chi connectivity index (χ0n) is 5.54. The lowest BCUT2D eigenvalue weighted by molar-refractivity contribution is 0.474. The number of aromatic hydroxyl groups is 1. The Morgan fingerprint density at radius 2 is 2.27 bits per heavy atom. The van der Waals surface area contributed by atoms with Crippen LogP contribution in [0.25, 0.3) is 6.08 Å². The Morgan fingerprint density at radius 1 is 1.55 bits per heavy atom. The molecule has 56 valence electrons. The van der Waals surface area contributed by atoms with Crippen molar-refractivity contribution in [2.75, 3.05) is 0 Å². The van der Waals surface area contributed by atoms with Crippen LogP contribution in [0, 0.1) is 0 Å². The number of halogens is 1. The molecule has 2 nitrogen and oxygen atoms in total. The minimum Gasteiger partial charge on any atom is -0.507 e. The zero-order valence-corrected chi connectivity index (χ0v) is 7.13. The summed E-state index contributed by atoms with van der Waals surface area (Å²) < 4.78 is 0.816. The first kappa shape index (κ1) is 8.05. The minimum absolute atomic E-state index is 0.0801. The van der Waals surface area contributed by atoms with Gasteiger partial charge in [-0.3, -0.25) is 0 Å². The molecule has 1 rings (SSSR count). The summed E-state index contributed by atoms with van der Waals surface area (Å²) in [4.78, 5) is 9.93. The van der Waals surface area contributed by atoms with Gasteiger partial charge in [-0.25, -0.2) is 4.79 Å². The maximum atomic E-state index is 9.93. The van der Waals surface area contributed by atoms with Crippen molar-refractivity contribution < 1.29 is 9.90 Å². The monoisotopic (exact) mass is 212 g/mol. The molecule has 3 heteroatoms. The SMILES string of the molecule is O=C=Cc1cc(Br)ccc1O. The number of benzene rings is 1. The maximum absolute atomic E-state index is 9.93. The van der Waals surface area contributed by atoms with Crippen LogP contribution in [0.3, 0.4) is 0 Å². The second kappa shape index (κ2) is 3.37. The van der Waals surface area contributed by atoms with Crippen molar-refractivity contribution in [2.24, 2.45) is 0 Å². The zero-order chi connectivity index (χ0) is 8.27. The summed E-state index contributed by atoms with van der Waals surface area (Å²) in [5.41, 5.74) is 0.467. The van der Waals surface area contributed by atoms with E-state index >= 15 is 0 Å². The third-order valence-corrected chi connectivity index (χ3v) is 1.70. The molecular formula is C8H5BrO2. The van der Waals surface area contributed by atoms with Gasteiger partial charge in [0.1, 0.15) is 11.7 Å². The van der Waals surface area contributed by atoms with Crippen LogP contribution in [-0.2, 0) is 4.79 Å². The molecule has 0 bridgehead atoms. The van der Waals surface area contributed by atoms with Crippen LogP contribution < -0.4 is 0 Å². The predicted octanol–water partition coefficient (Wildman–Crippen LogP) is 2.00. The Kier molecular flexibility index (Phi) is 2.47. The second-order valence-electron chi connectivity index (χ2n) is 1.97. The average Bonchev–Trinajstić information content (AvgIpc) is 1.98. The molecule has 0 aliphatic carbocycles. The summed E-state index contributed by atoms with van der Waals surface area (Å²) in [5.74, 6) is 1.68. The maximum Gasteiger partial charge on any atom is 0.125 e. The molecule has 1 N–H and O–H groups in total. The molecule has 0 aromatic heterocycles. The molecule has 0 spiro atoms. The van der Waals surface area contributed by atoms with Gasteiger partial charge in [-0.2, -0.15) is 0 Å². The van der Waals surface area contributed by atoms with Crippen molar-refractivity contribution in [2.45, 2.75) is 0 Å². The first-order valence-electron chi connectivity index (χ1n) is 2.93. The molecule has 0 unspecified atom stereocenters. The smallest absolute Gasteiger partial charge is 0.125 e. The van der Waals surface area contributed by atoms with E-state index in [1.54, 1.807) is 18.1 Å². The van der Waals surface area contributed by atoms with Crippen LogP contribution >= 0.6 is 15.9 Å². The molecule has 0 radical (unpaired) electrons. The quantitative estimate of drug-likeness (QED) is 0.724. The van der Waals surface area contributed by atoms with Gasteiger partial charge in [0.2, 0.25) is 0 Å². The van der Waals surface area contributed by atoms with Gasteiger partial charge < -0.3 is 5.11 Å². The first-order valence-corrected chi connectivity index (χ1v) is 3.73.